The second-order valence-corrected chi connectivity index (χ2v) is 5.97. The molecule has 0 radical (unpaired) electrons. The van der Waals surface area contributed by atoms with E-state index in [2.05, 4.69) is 20.4 Å². The van der Waals surface area contributed by atoms with E-state index in [4.69, 9.17) is 0 Å². The summed E-state index contributed by atoms with van der Waals surface area (Å²) in [5.41, 5.74) is 2.33. The van der Waals surface area contributed by atoms with Crippen LogP contribution in [0.3, 0.4) is 0 Å². The Bertz CT molecular complexity index is 803. The van der Waals surface area contributed by atoms with Crippen molar-refractivity contribution in [1.82, 2.24) is 29.9 Å². The minimum absolute atomic E-state index is 0.00638. The third kappa shape index (κ3) is 2.80. The first-order valence-electron chi connectivity index (χ1n) is 8.05. The van der Waals surface area contributed by atoms with Gasteiger partial charge >= 0.3 is 0 Å². The molecule has 122 valence electrons. The van der Waals surface area contributed by atoms with Crippen molar-refractivity contribution in [2.75, 3.05) is 13.1 Å². The summed E-state index contributed by atoms with van der Waals surface area (Å²) >= 11 is 0. The molecule has 0 bridgehead atoms. The summed E-state index contributed by atoms with van der Waals surface area (Å²) in [5, 5.41) is 14.8. The van der Waals surface area contributed by atoms with E-state index in [-0.39, 0.29) is 5.91 Å². The summed E-state index contributed by atoms with van der Waals surface area (Å²) in [7, 11) is 0. The number of amides is 1. The van der Waals surface area contributed by atoms with Gasteiger partial charge in [-0.25, -0.2) is 0 Å². The molecule has 7 heteroatoms. The predicted molar refractivity (Wildman–Crippen MR) is 88.2 cm³/mol. The van der Waals surface area contributed by atoms with Gasteiger partial charge in [-0.2, -0.15) is 5.10 Å². The van der Waals surface area contributed by atoms with Gasteiger partial charge in [-0.05, 0) is 18.9 Å². The average molecular weight is 322 g/mol. The number of aromatic nitrogens is 5. The van der Waals surface area contributed by atoms with E-state index in [0.29, 0.717) is 11.7 Å². The molecule has 0 atom stereocenters. The van der Waals surface area contributed by atoms with Crippen LogP contribution >= 0.6 is 0 Å². The van der Waals surface area contributed by atoms with Gasteiger partial charge in [-0.1, -0.05) is 30.3 Å². The number of H-pyrrole nitrogens is 1. The molecule has 0 saturated carbocycles. The first-order valence-corrected chi connectivity index (χ1v) is 8.05. The van der Waals surface area contributed by atoms with Crippen LogP contribution in [0.15, 0.2) is 49.1 Å². The van der Waals surface area contributed by atoms with Crippen molar-refractivity contribution in [2.24, 2.45) is 0 Å². The van der Waals surface area contributed by atoms with Crippen LogP contribution in [0.5, 0.6) is 0 Å². The zero-order valence-electron chi connectivity index (χ0n) is 13.2. The third-order valence-electron chi connectivity index (χ3n) is 4.49. The summed E-state index contributed by atoms with van der Waals surface area (Å²) in [4.78, 5) is 14.5. The molecular weight excluding hydrogens is 304 g/mol. The standard InChI is InChI=1S/C17H18N6O/c24-17(16-10-15(20-21-16)13-4-2-1-3-5-13)22-8-6-14(7-9-22)23-11-18-19-12-23/h1-5,10-12,14H,6-9H2,(H,20,21). The Morgan fingerprint density at radius 2 is 1.79 bits per heavy atom. The highest BCUT2D eigenvalue weighted by atomic mass is 16.2. The van der Waals surface area contributed by atoms with E-state index in [9.17, 15) is 4.79 Å². The minimum Gasteiger partial charge on any atom is -0.337 e. The Morgan fingerprint density at radius 1 is 1.08 bits per heavy atom. The highest BCUT2D eigenvalue weighted by molar-refractivity contribution is 5.93. The van der Waals surface area contributed by atoms with Crippen LogP contribution in [0, 0.1) is 0 Å². The molecule has 1 fully saturated rings. The number of piperidine rings is 1. The molecule has 24 heavy (non-hydrogen) atoms. The number of carbonyl (C=O) groups excluding carboxylic acids is 1. The highest BCUT2D eigenvalue weighted by Gasteiger charge is 2.25. The minimum atomic E-state index is 0.00638. The number of aromatic amines is 1. The van der Waals surface area contributed by atoms with Crippen LogP contribution in [0.4, 0.5) is 0 Å². The molecule has 1 aromatic carbocycles. The van der Waals surface area contributed by atoms with Gasteiger partial charge < -0.3 is 9.47 Å². The molecule has 1 saturated heterocycles. The summed E-state index contributed by atoms with van der Waals surface area (Å²) in [6, 6.07) is 12.0. The van der Waals surface area contributed by atoms with Gasteiger partial charge in [-0.15, -0.1) is 10.2 Å². The van der Waals surface area contributed by atoms with E-state index in [0.717, 1.165) is 37.2 Å². The summed E-state index contributed by atoms with van der Waals surface area (Å²) in [6.07, 6.45) is 5.29. The van der Waals surface area contributed by atoms with Crippen molar-refractivity contribution in [1.29, 1.82) is 0 Å². The topological polar surface area (TPSA) is 79.7 Å². The normalized spacial score (nSPS) is 15.6. The van der Waals surface area contributed by atoms with Crippen molar-refractivity contribution < 1.29 is 4.79 Å². The molecule has 1 amide bonds. The van der Waals surface area contributed by atoms with Crippen molar-refractivity contribution in [3.05, 3.63) is 54.7 Å². The number of rotatable bonds is 3. The van der Waals surface area contributed by atoms with Crippen molar-refractivity contribution in [3.63, 3.8) is 0 Å². The first kappa shape index (κ1) is 14.6. The van der Waals surface area contributed by atoms with E-state index < -0.39 is 0 Å². The lowest BCUT2D eigenvalue weighted by Crippen LogP contribution is -2.39. The van der Waals surface area contributed by atoms with Gasteiger partial charge in [0, 0.05) is 24.7 Å². The molecule has 1 aliphatic rings. The SMILES string of the molecule is O=C(c1cc(-c2ccccc2)n[nH]1)N1CCC(n2cnnc2)CC1. The molecule has 3 heterocycles. The second-order valence-electron chi connectivity index (χ2n) is 5.97. The molecular formula is C17H18N6O. The number of hydrogen-bond acceptors (Lipinski definition) is 4. The number of likely N-dealkylation sites (tertiary alicyclic amines) is 1. The van der Waals surface area contributed by atoms with Crippen molar-refractivity contribution >= 4 is 5.91 Å². The fourth-order valence-electron chi connectivity index (χ4n) is 3.12. The smallest absolute Gasteiger partial charge is 0.271 e. The molecule has 3 aromatic rings. The van der Waals surface area contributed by atoms with Crippen LogP contribution in [-0.4, -0.2) is 48.9 Å². The van der Waals surface area contributed by atoms with Gasteiger partial charge in [0.1, 0.15) is 18.3 Å². The first-order chi connectivity index (χ1) is 11.8. The largest absolute Gasteiger partial charge is 0.337 e. The van der Waals surface area contributed by atoms with Crippen LogP contribution in [0.2, 0.25) is 0 Å². The molecule has 0 spiro atoms. The molecule has 4 rings (SSSR count). The summed E-state index contributed by atoms with van der Waals surface area (Å²) < 4.78 is 2.02. The predicted octanol–water partition coefficient (Wildman–Crippen LogP) is 2.15. The Balaban J connectivity index is 1.43. The molecule has 0 aliphatic carbocycles. The van der Waals surface area contributed by atoms with Crippen LogP contribution in [0.1, 0.15) is 29.4 Å². The van der Waals surface area contributed by atoms with Crippen LogP contribution in [0.25, 0.3) is 11.3 Å². The van der Waals surface area contributed by atoms with Gasteiger partial charge in [-0.3, -0.25) is 9.89 Å². The number of nitrogens with one attached hydrogen (secondary N) is 1. The monoisotopic (exact) mass is 322 g/mol. The lowest BCUT2D eigenvalue weighted by Gasteiger charge is -2.31. The van der Waals surface area contributed by atoms with E-state index >= 15 is 0 Å². The van der Waals surface area contributed by atoms with Gasteiger partial charge in [0.25, 0.3) is 5.91 Å². The maximum atomic E-state index is 12.7. The molecule has 7 nitrogen and oxygen atoms in total. The number of benzene rings is 1. The van der Waals surface area contributed by atoms with Gasteiger partial charge in [0.2, 0.25) is 0 Å². The van der Waals surface area contributed by atoms with E-state index in [1.807, 2.05) is 45.9 Å². The average Bonchev–Trinajstić information content (AvgIpc) is 3.34. The maximum absolute atomic E-state index is 12.7. The van der Waals surface area contributed by atoms with E-state index in [1.54, 1.807) is 12.7 Å². The second kappa shape index (κ2) is 6.27. The Hall–Kier alpha value is -2.96. The van der Waals surface area contributed by atoms with Crippen molar-refractivity contribution in [2.45, 2.75) is 18.9 Å². The molecule has 0 unspecified atom stereocenters. The Morgan fingerprint density at radius 3 is 2.50 bits per heavy atom. The zero-order valence-corrected chi connectivity index (χ0v) is 13.2. The summed E-state index contributed by atoms with van der Waals surface area (Å²) in [5.74, 6) is 0.00638. The fraction of sp³-hybridized carbons (Fsp3) is 0.294. The van der Waals surface area contributed by atoms with Crippen molar-refractivity contribution in [3.8, 4) is 11.3 Å². The van der Waals surface area contributed by atoms with Crippen LogP contribution in [-0.2, 0) is 0 Å². The Labute approximate surface area is 139 Å². The lowest BCUT2D eigenvalue weighted by molar-refractivity contribution is 0.0688. The zero-order chi connectivity index (χ0) is 16.4. The quantitative estimate of drug-likeness (QED) is 0.801. The number of carbonyl (C=O) groups is 1. The molecule has 1 N–H and O–H groups in total. The number of hydrogen-bond donors (Lipinski definition) is 1. The third-order valence-corrected chi connectivity index (χ3v) is 4.49. The van der Waals surface area contributed by atoms with Crippen LogP contribution < -0.4 is 0 Å². The fourth-order valence-corrected chi connectivity index (χ4v) is 3.12. The lowest BCUT2D eigenvalue weighted by atomic mass is 10.0. The maximum Gasteiger partial charge on any atom is 0.271 e. The molecule has 1 aliphatic heterocycles. The Kier molecular flexibility index (Phi) is 3.82. The summed E-state index contributed by atoms with van der Waals surface area (Å²) in [6.45, 7) is 1.45. The highest BCUT2D eigenvalue weighted by Crippen LogP contribution is 2.23. The van der Waals surface area contributed by atoms with Gasteiger partial charge in [0.05, 0.1) is 5.69 Å². The number of nitrogens with zero attached hydrogens (tertiary/aromatic N) is 5. The van der Waals surface area contributed by atoms with E-state index in [1.165, 1.54) is 0 Å². The van der Waals surface area contributed by atoms with Gasteiger partial charge in [0.15, 0.2) is 0 Å². The molecule has 2 aromatic heterocycles.